The summed E-state index contributed by atoms with van der Waals surface area (Å²) in [7, 11) is 1.87. The van der Waals surface area contributed by atoms with Crippen LogP contribution in [0.4, 0.5) is 0 Å². The van der Waals surface area contributed by atoms with Gasteiger partial charge in [0.1, 0.15) is 0 Å². The van der Waals surface area contributed by atoms with Crippen LogP contribution in [0.15, 0.2) is 29.1 Å². The highest BCUT2D eigenvalue weighted by Gasteiger charge is 2.17. The Morgan fingerprint density at radius 2 is 2.06 bits per heavy atom. The average molecular weight is 231 g/mol. The first-order chi connectivity index (χ1) is 7.79. The van der Waals surface area contributed by atoms with Crippen molar-refractivity contribution in [2.75, 3.05) is 5.75 Å². The summed E-state index contributed by atoms with van der Waals surface area (Å²) in [6.07, 6.45) is 1.02. The summed E-state index contributed by atoms with van der Waals surface area (Å²) in [5, 5.41) is 1.25. The Balaban J connectivity index is 2.50. The number of nitrogens with zero attached hydrogens (tertiary/aromatic N) is 1. The fourth-order valence-electron chi connectivity index (χ4n) is 2.41. The number of aromatic nitrogens is 1. The molecule has 0 atom stereocenters. The van der Waals surface area contributed by atoms with Crippen LogP contribution in [0.25, 0.3) is 10.9 Å². The lowest BCUT2D eigenvalue weighted by atomic mass is 10.0. The van der Waals surface area contributed by atoms with Gasteiger partial charge in [0.15, 0.2) is 0 Å². The molecular formula is C13H13NOS. The molecule has 0 bridgehead atoms. The molecule has 0 radical (unpaired) electrons. The van der Waals surface area contributed by atoms with Gasteiger partial charge in [-0.05, 0) is 23.8 Å². The summed E-state index contributed by atoms with van der Waals surface area (Å²) in [5.41, 5.74) is 3.52. The first-order valence-corrected chi connectivity index (χ1v) is 6.62. The average Bonchev–Trinajstić information content (AvgIpc) is 2.36. The molecule has 1 aromatic heterocycles. The fourth-order valence-corrected chi connectivity index (χ4v) is 3.40. The van der Waals surface area contributed by atoms with Crippen molar-refractivity contribution in [3.63, 3.8) is 0 Å². The molecule has 3 rings (SSSR count). The van der Waals surface area contributed by atoms with Crippen LogP contribution in [-0.4, -0.2) is 10.3 Å². The second-order valence-corrected chi connectivity index (χ2v) is 5.25. The highest BCUT2D eigenvalue weighted by atomic mass is 32.2. The van der Waals surface area contributed by atoms with E-state index in [1.165, 1.54) is 10.9 Å². The van der Waals surface area contributed by atoms with Crippen LogP contribution in [0.5, 0.6) is 0 Å². The van der Waals surface area contributed by atoms with Crippen LogP contribution in [0.2, 0.25) is 0 Å². The second kappa shape index (κ2) is 3.67. The van der Waals surface area contributed by atoms with Gasteiger partial charge >= 0.3 is 0 Å². The largest absolute Gasteiger partial charge is 0.311 e. The molecule has 2 heterocycles. The quantitative estimate of drug-likeness (QED) is 0.694. The van der Waals surface area contributed by atoms with Crippen molar-refractivity contribution in [3.8, 4) is 0 Å². The van der Waals surface area contributed by atoms with Crippen molar-refractivity contribution in [1.82, 2.24) is 4.57 Å². The molecule has 1 aromatic carbocycles. The number of rotatable bonds is 0. The Morgan fingerprint density at radius 1 is 1.25 bits per heavy atom. The van der Waals surface area contributed by atoms with E-state index in [4.69, 9.17) is 0 Å². The summed E-state index contributed by atoms with van der Waals surface area (Å²) >= 11 is 1.86. The Hall–Kier alpha value is -1.22. The lowest BCUT2D eigenvalue weighted by Gasteiger charge is -2.19. The topological polar surface area (TPSA) is 22.0 Å². The van der Waals surface area contributed by atoms with E-state index in [0.717, 1.165) is 29.0 Å². The van der Waals surface area contributed by atoms with E-state index in [0.29, 0.717) is 0 Å². The molecule has 0 unspecified atom stereocenters. The normalized spacial score (nSPS) is 15.1. The number of thioether (sulfide) groups is 1. The first kappa shape index (κ1) is 9.97. The number of para-hydroxylation sites is 1. The zero-order valence-electron chi connectivity index (χ0n) is 9.19. The van der Waals surface area contributed by atoms with Crippen LogP contribution in [0.3, 0.4) is 0 Å². The summed E-state index contributed by atoms with van der Waals surface area (Å²) in [5.74, 6) is 2.00. The van der Waals surface area contributed by atoms with Gasteiger partial charge in [0.05, 0.1) is 5.52 Å². The molecule has 16 heavy (non-hydrogen) atoms. The Labute approximate surface area is 98.3 Å². The van der Waals surface area contributed by atoms with E-state index in [2.05, 4.69) is 12.1 Å². The summed E-state index contributed by atoms with van der Waals surface area (Å²) in [6, 6.07) is 8.20. The van der Waals surface area contributed by atoms with Crippen molar-refractivity contribution in [2.24, 2.45) is 7.05 Å². The van der Waals surface area contributed by atoms with Gasteiger partial charge in [-0.1, -0.05) is 18.2 Å². The zero-order valence-corrected chi connectivity index (χ0v) is 10.0. The number of fused-ring (bicyclic) bond motifs is 3. The first-order valence-electron chi connectivity index (χ1n) is 5.46. The van der Waals surface area contributed by atoms with Crippen molar-refractivity contribution >= 4 is 22.7 Å². The number of hydrogen-bond acceptors (Lipinski definition) is 2. The highest BCUT2D eigenvalue weighted by molar-refractivity contribution is 7.98. The number of hydrogen-bond donors (Lipinski definition) is 0. The molecule has 1 aliphatic heterocycles. The van der Waals surface area contributed by atoms with Gasteiger partial charge < -0.3 is 4.57 Å². The smallest absolute Gasteiger partial charge is 0.255 e. The van der Waals surface area contributed by atoms with Crippen molar-refractivity contribution < 1.29 is 0 Å². The van der Waals surface area contributed by atoms with Gasteiger partial charge in [0.2, 0.25) is 0 Å². The summed E-state index contributed by atoms with van der Waals surface area (Å²) < 4.78 is 1.78. The monoisotopic (exact) mass is 231 g/mol. The Bertz CT molecular complexity index is 615. The molecule has 1 aliphatic rings. The molecule has 0 amide bonds. The maximum atomic E-state index is 12.2. The van der Waals surface area contributed by atoms with Crippen molar-refractivity contribution in [3.05, 3.63) is 45.7 Å². The lowest BCUT2D eigenvalue weighted by Crippen LogP contribution is -2.25. The second-order valence-electron chi connectivity index (χ2n) is 4.14. The molecule has 0 saturated carbocycles. The van der Waals surface area contributed by atoms with Gasteiger partial charge in [-0.15, -0.1) is 0 Å². The molecule has 2 nitrogen and oxygen atoms in total. The van der Waals surface area contributed by atoms with Crippen LogP contribution < -0.4 is 5.56 Å². The van der Waals surface area contributed by atoms with Gasteiger partial charge in [-0.25, -0.2) is 0 Å². The number of aryl methyl sites for hydroxylation is 2. The van der Waals surface area contributed by atoms with E-state index in [-0.39, 0.29) is 5.56 Å². The van der Waals surface area contributed by atoms with Crippen LogP contribution >= 0.6 is 11.8 Å². The van der Waals surface area contributed by atoms with Crippen LogP contribution in [0.1, 0.15) is 11.1 Å². The van der Waals surface area contributed by atoms with Crippen LogP contribution in [-0.2, 0) is 19.2 Å². The lowest BCUT2D eigenvalue weighted by molar-refractivity contribution is 0.875. The van der Waals surface area contributed by atoms with E-state index < -0.39 is 0 Å². The Kier molecular flexibility index (Phi) is 2.28. The third-order valence-electron chi connectivity index (χ3n) is 3.26. The fraction of sp³-hybridized carbons (Fsp3) is 0.308. The predicted octanol–water partition coefficient (Wildman–Crippen LogP) is 2.33. The minimum atomic E-state index is 0.181. The van der Waals surface area contributed by atoms with Crippen molar-refractivity contribution in [2.45, 2.75) is 12.2 Å². The van der Waals surface area contributed by atoms with Crippen LogP contribution in [0, 0.1) is 0 Å². The predicted molar refractivity (Wildman–Crippen MR) is 69.1 cm³/mol. The maximum Gasteiger partial charge on any atom is 0.255 e. The highest BCUT2D eigenvalue weighted by Crippen LogP contribution is 2.27. The third kappa shape index (κ3) is 1.31. The van der Waals surface area contributed by atoms with E-state index in [1.54, 1.807) is 4.57 Å². The van der Waals surface area contributed by atoms with Gasteiger partial charge in [0.25, 0.3) is 5.56 Å². The third-order valence-corrected chi connectivity index (χ3v) is 4.25. The molecular weight excluding hydrogens is 218 g/mol. The van der Waals surface area contributed by atoms with E-state index in [9.17, 15) is 4.79 Å². The minimum absolute atomic E-state index is 0.181. The molecule has 0 aliphatic carbocycles. The summed E-state index contributed by atoms with van der Waals surface area (Å²) in [6.45, 7) is 0. The van der Waals surface area contributed by atoms with E-state index >= 15 is 0 Å². The molecule has 2 aromatic rings. The summed E-state index contributed by atoms with van der Waals surface area (Å²) in [4.78, 5) is 12.2. The molecule has 3 heteroatoms. The molecule has 0 saturated heterocycles. The zero-order chi connectivity index (χ0) is 11.1. The number of benzene rings is 1. The van der Waals surface area contributed by atoms with Gasteiger partial charge in [0, 0.05) is 23.8 Å². The molecule has 82 valence electrons. The molecule has 0 fully saturated rings. The van der Waals surface area contributed by atoms with Gasteiger partial charge in [-0.2, -0.15) is 11.8 Å². The van der Waals surface area contributed by atoms with Gasteiger partial charge in [-0.3, -0.25) is 4.79 Å². The molecule has 0 spiro atoms. The van der Waals surface area contributed by atoms with Crippen molar-refractivity contribution in [1.29, 1.82) is 0 Å². The minimum Gasteiger partial charge on any atom is -0.311 e. The molecule has 0 N–H and O–H groups in total. The standard InChI is InChI=1S/C13H13NOS/c1-14-12-5-3-2-4-10(12)9-6-7-16-8-11(9)13(14)15/h2-5H,6-8H2,1H3. The van der Waals surface area contributed by atoms with E-state index in [1.807, 2.05) is 30.9 Å². The maximum absolute atomic E-state index is 12.2. The SMILES string of the molecule is Cn1c(=O)c2c(c3ccccc31)CCSC2. The Morgan fingerprint density at radius 3 is 2.94 bits per heavy atom. The number of pyridine rings is 1.